The fraction of sp³-hybridized carbons (Fsp3) is 0.733. The van der Waals surface area contributed by atoms with E-state index in [-0.39, 0.29) is 0 Å². The van der Waals surface area contributed by atoms with Gasteiger partial charge in [-0.05, 0) is 26.2 Å². The Kier molecular flexibility index (Phi) is 8.71. The van der Waals surface area contributed by atoms with Gasteiger partial charge >= 0.3 is 0 Å². The first-order valence-corrected chi connectivity index (χ1v) is 7.73. The summed E-state index contributed by atoms with van der Waals surface area (Å²) in [5.41, 5.74) is 0. The first kappa shape index (κ1) is 16.7. The molecule has 0 aliphatic heterocycles. The van der Waals surface area contributed by atoms with Crippen molar-refractivity contribution in [1.82, 2.24) is 9.97 Å². The second-order valence-electron chi connectivity index (χ2n) is 4.71. The molecular weight excluding hydrogens is 252 g/mol. The minimum absolute atomic E-state index is 0.777. The number of hydrogen-bond acceptors (Lipinski definition) is 5. The maximum Gasteiger partial charge on any atom is 0.133 e. The molecule has 0 bridgehead atoms. The average Bonchev–Trinajstić information content (AvgIpc) is 2.45. The van der Waals surface area contributed by atoms with Crippen molar-refractivity contribution in [2.75, 3.05) is 36.9 Å². The molecule has 1 rings (SSSR count). The van der Waals surface area contributed by atoms with Gasteiger partial charge in [0.25, 0.3) is 0 Å². The van der Waals surface area contributed by atoms with Crippen molar-refractivity contribution in [3.8, 4) is 0 Å². The number of aryl methyl sites for hydroxylation is 1. The van der Waals surface area contributed by atoms with Crippen LogP contribution in [0.5, 0.6) is 0 Å². The van der Waals surface area contributed by atoms with Gasteiger partial charge in [-0.1, -0.05) is 13.8 Å². The standard InChI is InChI=1S/C15H28N4O/c1-4-8-13-18-14(16-9-5-2)12-15(19-13)17-10-7-11-20-6-3/h12H,4-11H2,1-3H3,(H2,16,17,18,19). The van der Waals surface area contributed by atoms with E-state index in [0.29, 0.717) is 0 Å². The summed E-state index contributed by atoms with van der Waals surface area (Å²) in [7, 11) is 0. The van der Waals surface area contributed by atoms with Crippen LogP contribution in [0, 0.1) is 0 Å². The van der Waals surface area contributed by atoms with Crippen LogP contribution in [0.1, 0.15) is 45.9 Å². The first-order valence-electron chi connectivity index (χ1n) is 7.73. The Morgan fingerprint density at radius 1 is 1.00 bits per heavy atom. The molecule has 1 aromatic rings. The summed E-state index contributed by atoms with van der Waals surface area (Å²) in [6.07, 6.45) is 4.04. The molecule has 0 spiro atoms. The molecule has 0 aromatic carbocycles. The maximum absolute atomic E-state index is 5.33. The quantitative estimate of drug-likeness (QED) is 0.610. The van der Waals surface area contributed by atoms with E-state index < -0.39 is 0 Å². The van der Waals surface area contributed by atoms with Gasteiger partial charge in [0.2, 0.25) is 0 Å². The van der Waals surface area contributed by atoms with E-state index in [9.17, 15) is 0 Å². The largest absolute Gasteiger partial charge is 0.382 e. The van der Waals surface area contributed by atoms with E-state index in [1.807, 2.05) is 13.0 Å². The normalized spacial score (nSPS) is 10.6. The summed E-state index contributed by atoms with van der Waals surface area (Å²) in [5, 5.41) is 6.68. The fourth-order valence-electron chi connectivity index (χ4n) is 1.80. The predicted octanol–water partition coefficient (Wildman–Crippen LogP) is 3.09. The number of ether oxygens (including phenoxy) is 1. The Morgan fingerprint density at radius 3 is 2.30 bits per heavy atom. The summed E-state index contributed by atoms with van der Waals surface area (Å²) in [5.74, 6) is 2.72. The second-order valence-corrected chi connectivity index (χ2v) is 4.71. The molecule has 5 heteroatoms. The van der Waals surface area contributed by atoms with Crippen LogP contribution in [0.25, 0.3) is 0 Å². The van der Waals surface area contributed by atoms with E-state index in [1.54, 1.807) is 0 Å². The lowest BCUT2D eigenvalue weighted by Gasteiger charge is -2.11. The number of anilines is 2. The Morgan fingerprint density at radius 2 is 1.70 bits per heavy atom. The third-order valence-electron chi connectivity index (χ3n) is 2.78. The maximum atomic E-state index is 5.33. The summed E-state index contributed by atoms with van der Waals surface area (Å²) in [6.45, 7) is 9.68. The Labute approximate surface area is 122 Å². The summed E-state index contributed by atoms with van der Waals surface area (Å²) < 4.78 is 5.33. The van der Waals surface area contributed by atoms with E-state index in [2.05, 4.69) is 34.4 Å². The van der Waals surface area contributed by atoms with Crippen LogP contribution in [-0.4, -0.2) is 36.3 Å². The van der Waals surface area contributed by atoms with Gasteiger partial charge in [0.1, 0.15) is 17.5 Å². The monoisotopic (exact) mass is 280 g/mol. The molecule has 1 heterocycles. The molecule has 0 atom stereocenters. The molecule has 0 aliphatic rings. The second kappa shape index (κ2) is 10.4. The number of hydrogen-bond donors (Lipinski definition) is 2. The van der Waals surface area contributed by atoms with Crippen LogP contribution in [0.15, 0.2) is 6.07 Å². The highest BCUT2D eigenvalue weighted by Gasteiger charge is 2.03. The summed E-state index contributed by atoms with van der Waals surface area (Å²) in [6, 6.07) is 1.98. The van der Waals surface area contributed by atoms with E-state index in [4.69, 9.17) is 4.74 Å². The minimum Gasteiger partial charge on any atom is -0.382 e. The van der Waals surface area contributed by atoms with Gasteiger partial charge < -0.3 is 15.4 Å². The molecular formula is C15H28N4O. The lowest BCUT2D eigenvalue weighted by Crippen LogP contribution is -2.11. The third-order valence-corrected chi connectivity index (χ3v) is 2.78. The lowest BCUT2D eigenvalue weighted by molar-refractivity contribution is 0.147. The molecule has 114 valence electrons. The molecule has 0 fully saturated rings. The smallest absolute Gasteiger partial charge is 0.133 e. The molecule has 0 saturated carbocycles. The zero-order valence-electron chi connectivity index (χ0n) is 13.0. The van der Waals surface area contributed by atoms with Crippen LogP contribution in [0.4, 0.5) is 11.6 Å². The van der Waals surface area contributed by atoms with Crippen LogP contribution in [-0.2, 0) is 11.2 Å². The van der Waals surface area contributed by atoms with Crippen molar-refractivity contribution >= 4 is 11.6 Å². The highest BCUT2D eigenvalue weighted by molar-refractivity contribution is 5.47. The molecule has 20 heavy (non-hydrogen) atoms. The number of aromatic nitrogens is 2. The van der Waals surface area contributed by atoms with Crippen LogP contribution in [0.3, 0.4) is 0 Å². The van der Waals surface area contributed by atoms with Gasteiger partial charge in [-0.25, -0.2) is 9.97 Å². The zero-order chi connectivity index (χ0) is 14.6. The van der Waals surface area contributed by atoms with Gasteiger partial charge in [-0.2, -0.15) is 0 Å². The fourth-order valence-corrected chi connectivity index (χ4v) is 1.80. The Bertz CT molecular complexity index is 371. The van der Waals surface area contributed by atoms with Gasteiger partial charge in [0, 0.05) is 38.8 Å². The van der Waals surface area contributed by atoms with Gasteiger partial charge in [0.05, 0.1) is 0 Å². The molecule has 5 nitrogen and oxygen atoms in total. The minimum atomic E-state index is 0.777. The molecule has 0 saturated heterocycles. The molecule has 2 N–H and O–H groups in total. The topological polar surface area (TPSA) is 59.1 Å². The lowest BCUT2D eigenvalue weighted by atomic mass is 10.3. The zero-order valence-corrected chi connectivity index (χ0v) is 13.0. The van der Waals surface area contributed by atoms with E-state index in [0.717, 1.165) is 69.4 Å². The molecule has 0 amide bonds. The van der Waals surface area contributed by atoms with Crippen LogP contribution < -0.4 is 10.6 Å². The highest BCUT2D eigenvalue weighted by atomic mass is 16.5. The Balaban J connectivity index is 2.55. The predicted molar refractivity (Wildman–Crippen MR) is 84.4 cm³/mol. The van der Waals surface area contributed by atoms with Crippen molar-refractivity contribution in [3.63, 3.8) is 0 Å². The van der Waals surface area contributed by atoms with E-state index >= 15 is 0 Å². The summed E-state index contributed by atoms with van der Waals surface area (Å²) in [4.78, 5) is 9.08. The van der Waals surface area contributed by atoms with Crippen LogP contribution >= 0.6 is 0 Å². The highest BCUT2D eigenvalue weighted by Crippen LogP contribution is 2.12. The molecule has 1 aromatic heterocycles. The third kappa shape index (κ3) is 6.70. The number of nitrogens with zero attached hydrogens (tertiary/aromatic N) is 2. The number of nitrogens with one attached hydrogen (secondary N) is 2. The Hall–Kier alpha value is -1.36. The number of rotatable bonds is 11. The van der Waals surface area contributed by atoms with Crippen molar-refractivity contribution in [2.45, 2.75) is 46.5 Å². The summed E-state index contributed by atoms with van der Waals surface area (Å²) >= 11 is 0. The van der Waals surface area contributed by atoms with Gasteiger partial charge in [0.15, 0.2) is 0 Å². The van der Waals surface area contributed by atoms with E-state index in [1.165, 1.54) is 0 Å². The van der Waals surface area contributed by atoms with Crippen LogP contribution in [0.2, 0.25) is 0 Å². The molecule has 0 radical (unpaired) electrons. The van der Waals surface area contributed by atoms with Gasteiger partial charge in [-0.15, -0.1) is 0 Å². The SMILES string of the molecule is CCCNc1cc(NCCCOCC)nc(CCC)n1. The first-order chi connectivity index (χ1) is 9.80. The van der Waals surface area contributed by atoms with Crippen molar-refractivity contribution in [1.29, 1.82) is 0 Å². The van der Waals surface area contributed by atoms with Gasteiger partial charge in [-0.3, -0.25) is 0 Å². The van der Waals surface area contributed by atoms with Crippen molar-refractivity contribution < 1.29 is 4.74 Å². The van der Waals surface area contributed by atoms with Crippen molar-refractivity contribution in [3.05, 3.63) is 11.9 Å². The van der Waals surface area contributed by atoms with Crippen molar-refractivity contribution in [2.24, 2.45) is 0 Å². The molecule has 0 aliphatic carbocycles. The molecule has 0 unspecified atom stereocenters. The average molecular weight is 280 g/mol.